The Balaban J connectivity index is 2.45. The molecular weight excluding hydrogens is 320 g/mol. The zero-order valence-electron chi connectivity index (χ0n) is 9.93. The molecule has 0 aliphatic carbocycles. The first-order chi connectivity index (χ1) is 8.52. The lowest BCUT2D eigenvalue weighted by molar-refractivity contribution is 0.553. The van der Waals surface area contributed by atoms with E-state index in [1.54, 1.807) is 18.4 Å². The normalized spacial score (nSPS) is 12.7. The van der Waals surface area contributed by atoms with Crippen LogP contribution in [0.5, 0.6) is 0 Å². The van der Waals surface area contributed by atoms with Crippen LogP contribution in [0.3, 0.4) is 0 Å². The fourth-order valence-corrected chi connectivity index (χ4v) is 3.50. The lowest BCUT2D eigenvalue weighted by atomic mass is 10.0. The Kier molecular flexibility index (Phi) is 4.14. The number of nitrogens with one attached hydrogen (secondary N) is 1. The topological polar surface area (TPSA) is 12.0 Å². The minimum Gasteiger partial charge on any atom is -0.309 e. The van der Waals surface area contributed by atoms with Crippen LogP contribution in [0, 0.1) is 18.6 Å². The van der Waals surface area contributed by atoms with E-state index in [0.29, 0.717) is 5.56 Å². The number of hydrogen-bond donors (Lipinski definition) is 1. The van der Waals surface area contributed by atoms with Gasteiger partial charge >= 0.3 is 0 Å². The van der Waals surface area contributed by atoms with E-state index in [9.17, 15) is 8.78 Å². The van der Waals surface area contributed by atoms with E-state index in [4.69, 9.17) is 0 Å². The molecule has 0 aliphatic rings. The van der Waals surface area contributed by atoms with Crippen molar-refractivity contribution in [1.29, 1.82) is 0 Å². The molecule has 0 bridgehead atoms. The fourth-order valence-electron chi connectivity index (χ4n) is 1.81. The van der Waals surface area contributed by atoms with Gasteiger partial charge < -0.3 is 5.32 Å². The van der Waals surface area contributed by atoms with Crippen molar-refractivity contribution < 1.29 is 8.78 Å². The summed E-state index contributed by atoms with van der Waals surface area (Å²) in [7, 11) is 1.76. The van der Waals surface area contributed by atoms with Crippen molar-refractivity contribution in [3.05, 3.63) is 55.7 Å². The zero-order valence-corrected chi connectivity index (χ0v) is 12.3. The Hall–Kier alpha value is -0.780. The van der Waals surface area contributed by atoms with Crippen molar-refractivity contribution in [3.8, 4) is 0 Å². The SMILES string of the molecule is CNC(c1cc(Br)c(C)s1)c1ccc(F)cc1F. The number of hydrogen-bond acceptors (Lipinski definition) is 2. The summed E-state index contributed by atoms with van der Waals surface area (Å²) in [5.41, 5.74) is 0.452. The lowest BCUT2D eigenvalue weighted by Crippen LogP contribution is -2.17. The van der Waals surface area contributed by atoms with Gasteiger partial charge in [-0.15, -0.1) is 11.3 Å². The highest BCUT2D eigenvalue weighted by atomic mass is 79.9. The van der Waals surface area contributed by atoms with Gasteiger partial charge in [0.05, 0.1) is 6.04 Å². The molecule has 2 aromatic rings. The highest BCUT2D eigenvalue weighted by Gasteiger charge is 2.19. The third-order valence-corrected chi connectivity index (χ3v) is 4.92. The van der Waals surface area contributed by atoms with E-state index in [2.05, 4.69) is 21.2 Å². The minimum atomic E-state index is -0.561. The summed E-state index contributed by atoms with van der Waals surface area (Å²) in [5, 5.41) is 3.06. The van der Waals surface area contributed by atoms with Gasteiger partial charge in [0.2, 0.25) is 0 Å². The quantitative estimate of drug-likeness (QED) is 0.878. The summed E-state index contributed by atoms with van der Waals surface area (Å²) in [6.45, 7) is 1.99. The molecule has 5 heteroatoms. The van der Waals surface area contributed by atoms with E-state index < -0.39 is 11.6 Å². The lowest BCUT2D eigenvalue weighted by Gasteiger charge is -2.15. The molecule has 0 saturated heterocycles. The molecule has 0 fully saturated rings. The maximum absolute atomic E-state index is 13.8. The first kappa shape index (κ1) is 13.6. The smallest absolute Gasteiger partial charge is 0.131 e. The Bertz CT molecular complexity index is 549. The summed E-state index contributed by atoms with van der Waals surface area (Å²) in [6.07, 6.45) is 0. The van der Waals surface area contributed by atoms with Crippen molar-refractivity contribution in [3.63, 3.8) is 0 Å². The Morgan fingerprint density at radius 1 is 1.28 bits per heavy atom. The van der Waals surface area contributed by atoms with E-state index in [1.807, 2.05) is 13.0 Å². The van der Waals surface area contributed by atoms with Gasteiger partial charge in [-0.3, -0.25) is 0 Å². The Labute approximate surface area is 117 Å². The number of benzene rings is 1. The van der Waals surface area contributed by atoms with Gasteiger partial charge in [0.25, 0.3) is 0 Å². The van der Waals surface area contributed by atoms with Crippen molar-refractivity contribution in [2.75, 3.05) is 7.05 Å². The predicted molar refractivity (Wildman–Crippen MR) is 74.0 cm³/mol. The summed E-state index contributed by atoms with van der Waals surface area (Å²) in [4.78, 5) is 2.13. The molecule has 0 amide bonds. The molecule has 0 spiro atoms. The molecule has 1 nitrogen and oxygen atoms in total. The highest BCUT2D eigenvalue weighted by molar-refractivity contribution is 9.10. The molecule has 1 N–H and O–H groups in total. The van der Waals surface area contributed by atoms with Crippen molar-refractivity contribution in [1.82, 2.24) is 5.32 Å². The molecular formula is C13H12BrF2NS. The Morgan fingerprint density at radius 3 is 2.50 bits per heavy atom. The number of halogens is 3. The molecule has 1 aromatic heterocycles. The molecule has 0 aliphatic heterocycles. The summed E-state index contributed by atoms with van der Waals surface area (Å²) in [5.74, 6) is -1.09. The van der Waals surface area contributed by atoms with Crippen LogP contribution in [0.1, 0.15) is 21.4 Å². The minimum absolute atomic E-state index is 0.263. The average Bonchev–Trinajstić information content (AvgIpc) is 2.63. The third-order valence-electron chi connectivity index (χ3n) is 2.72. The van der Waals surface area contributed by atoms with Crippen LogP contribution in [-0.2, 0) is 0 Å². The molecule has 1 atom stereocenters. The van der Waals surface area contributed by atoms with Crippen LogP contribution in [0.25, 0.3) is 0 Å². The number of aryl methyl sites for hydroxylation is 1. The largest absolute Gasteiger partial charge is 0.309 e. The second kappa shape index (κ2) is 5.47. The standard InChI is InChI=1S/C13H12BrF2NS/c1-7-10(14)6-12(18-7)13(17-2)9-4-3-8(15)5-11(9)16/h3-6,13,17H,1-2H3. The molecule has 0 saturated carbocycles. The molecule has 0 radical (unpaired) electrons. The summed E-state index contributed by atoms with van der Waals surface area (Å²) >= 11 is 5.03. The fraction of sp³-hybridized carbons (Fsp3) is 0.231. The summed E-state index contributed by atoms with van der Waals surface area (Å²) < 4.78 is 27.7. The van der Waals surface area contributed by atoms with E-state index in [-0.39, 0.29) is 6.04 Å². The van der Waals surface area contributed by atoms with Crippen LogP contribution in [-0.4, -0.2) is 7.05 Å². The number of thiophene rings is 1. The van der Waals surface area contributed by atoms with Crippen LogP contribution >= 0.6 is 27.3 Å². The van der Waals surface area contributed by atoms with Crippen molar-refractivity contribution in [2.24, 2.45) is 0 Å². The zero-order chi connectivity index (χ0) is 13.3. The van der Waals surface area contributed by atoms with Crippen LogP contribution in [0.15, 0.2) is 28.7 Å². The predicted octanol–water partition coefficient (Wildman–Crippen LogP) is 4.41. The number of rotatable bonds is 3. The van der Waals surface area contributed by atoms with E-state index in [1.165, 1.54) is 12.1 Å². The first-order valence-corrected chi connectivity index (χ1v) is 7.02. The van der Waals surface area contributed by atoms with Gasteiger partial charge in [-0.25, -0.2) is 8.78 Å². The highest BCUT2D eigenvalue weighted by Crippen LogP contribution is 2.34. The molecule has 18 heavy (non-hydrogen) atoms. The van der Waals surface area contributed by atoms with Gasteiger partial charge in [0, 0.05) is 25.9 Å². The molecule has 1 heterocycles. The molecule has 1 unspecified atom stereocenters. The summed E-state index contributed by atoms with van der Waals surface area (Å²) in [6, 6.07) is 5.37. The van der Waals surface area contributed by atoms with E-state index in [0.717, 1.165) is 20.3 Å². The maximum atomic E-state index is 13.8. The van der Waals surface area contributed by atoms with Gasteiger partial charge in [-0.1, -0.05) is 6.07 Å². The molecule has 96 valence electrons. The monoisotopic (exact) mass is 331 g/mol. The Morgan fingerprint density at radius 2 is 2.00 bits per heavy atom. The second-order valence-corrected chi connectivity index (χ2v) is 6.08. The van der Waals surface area contributed by atoms with Crippen LogP contribution in [0.2, 0.25) is 0 Å². The van der Waals surface area contributed by atoms with E-state index >= 15 is 0 Å². The van der Waals surface area contributed by atoms with Gasteiger partial charge in [0.15, 0.2) is 0 Å². The van der Waals surface area contributed by atoms with Gasteiger partial charge in [-0.05, 0) is 42.0 Å². The average molecular weight is 332 g/mol. The second-order valence-electron chi connectivity index (χ2n) is 3.94. The van der Waals surface area contributed by atoms with Crippen molar-refractivity contribution in [2.45, 2.75) is 13.0 Å². The molecule has 2 rings (SSSR count). The third kappa shape index (κ3) is 2.63. The van der Waals surface area contributed by atoms with Crippen molar-refractivity contribution >= 4 is 27.3 Å². The van der Waals surface area contributed by atoms with Gasteiger partial charge in [0.1, 0.15) is 11.6 Å². The molecule has 1 aromatic carbocycles. The maximum Gasteiger partial charge on any atom is 0.131 e. The van der Waals surface area contributed by atoms with Gasteiger partial charge in [-0.2, -0.15) is 0 Å². The first-order valence-electron chi connectivity index (χ1n) is 5.41. The van der Waals surface area contributed by atoms with Crippen LogP contribution < -0.4 is 5.32 Å². The van der Waals surface area contributed by atoms with Crippen LogP contribution in [0.4, 0.5) is 8.78 Å².